The lowest BCUT2D eigenvalue weighted by molar-refractivity contribution is -0.143. The first-order valence-corrected chi connectivity index (χ1v) is 10.7. The molecule has 164 valence electrons. The predicted octanol–water partition coefficient (Wildman–Crippen LogP) is 5.23. The Kier molecular flexibility index (Phi) is 5.74. The fraction of sp³-hybridized carbons (Fsp3) is 0.259. The van der Waals surface area contributed by atoms with Crippen molar-refractivity contribution in [3.8, 4) is 11.1 Å². The minimum absolute atomic E-state index is 0.0796. The van der Waals surface area contributed by atoms with Gasteiger partial charge in [0.2, 0.25) is 0 Å². The van der Waals surface area contributed by atoms with Crippen LogP contribution >= 0.6 is 0 Å². The fourth-order valence-corrected chi connectivity index (χ4v) is 4.35. The number of nitrogens with one attached hydrogen (secondary N) is 1. The molecule has 1 amide bonds. The zero-order chi connectivity index (χ0) is 22.9. The number of hydrogen-bond donors (Lipinski definition) is 2. The Morgan fingerprint density at radius 2 is 1.53 bits per heavy atom. The number of benzene rings is 3. The number of amides is 1. The van der Waals surface area contributed by atoms with E-state index in [1.165, 1.54) is 6.92 Å². The first-order chi connectivity index (χ1) is 15.3. The first kappa shape index (κ1) is 21.6. The molecule has 0 fully saturated rings. The minimum atomic E-state index is -1.48. The van der Waals surface area contributed by atoms with Crippen LogP contribution in [0.3, 0.4) is 0 Å². The number of carboxylic acid groups (broad SMARTS) is 1. The molecule has 1 aliphatic rings. The van der Waals surface area contributed by atoms with Crippen molar-refractivity contribution in [3.63, 3.8) is 0 Å². The molecule has 0 heterocycles. The molecule has 3 aromatic carbocycles. The molecule has 4 rings (SSSR count). The van der Waals surface area contributed by atoms with E-state index in [2.05, 4.69) is 17.4 Å². The molecule has 1 unspecified atom stereocenters. The Balaban J connectivity index is 1.48. The van der Waals surface area contributed by atoms with Crippen molar-refractivity contribution in [2.75, 3.05) is 6.61 Å². The molecule has 32 heavy (non-hydrogen) atoms. The van der Waals surface area contributed by atoms with Gasteiger partial charge in [0.05, 0.1) is 0 Å². The zero-order valence-electron chi connectivity index (χ0n) is 18.5. The lowest BCUT2D eigenvalue weighted by atomic mass is 9.91. The highest BCUT2D eigenvalue weighted by Crippen LogP contribution is 2.44. The normalized spacial score (nSPS) is 14.2. The van der Waals surface area contributed by atoms with E-state index >= 15 is 0 Å². The Bertz CT molecular complexity index is 1140. The molecule has 1 aliphatic carbocycles. The molecule has 0 aromatic heterocycles. The monoisotopic (exact) mass is 429 g/mol. The second kappa shape index (κ2) is 8.50. The van der Waals surface area contributed by atoms with Gasteiger partial charge in [-0.3, -0.25) is 0 Å². The average Bonchev–Trinajstić information content (AvgIpc) is 3.08. The smallest absolute Gasteiger partial charge is 0.408 e. The van der Waals surface area contributed by atoms with Crippen molar-refractivity contribution < 1.29 is 19.4 Å². The molecule has 0 radical (unpaired) electrons. The summed E-state index contributed by atoms with van der Waals surface area (Å²) in [7, 11) is 0. The molecular formula is C27H27NO4. The van der Waals surface area contributed by atoms with Crippen molar-refractivity contribution in [2.24, 2.45) is 0 Å². The Morgan fingerprint density at radius 3 is 2.09 bits per heavy atom. The number of aryl methyl sites for hydroxylation is 2. The highest BCUT2D eigenvalue weighted by atomic mass is 16.5. The van der Waals surface area contributed by atoms with E-state index in [-0.39, 0.29) is 18.9 Å². The van der Waals surface area contributed by atoms with Crippen molar-refractivity contribution in [3.05, 3.63) is 94.5 Å². The van der Waals surface area contributed by atoms with Gasteiger partial charge in [0.25, 0.3) is 0 Å². The molecule has 0 bridgehead atoms. The molecule has 0 saturated carbocycles. The summed E-state index contributed by atoms with van der Waals surface area (Å²) in [6.45, 7) is 5.63. The van der Waals surface area contributed by atoms with Crippen LogP contribution in [0.5, 0.6) is 0 Å². The van der Waals surface area contributed by atoms with Crippen LogP contribution < -0.4 is 5.32 Å². The quantitative estimate of drug-likeness (QED) is 0.563. The van der Waals surface area contributed by atoms with Crippen LogP contribution in [-0.2, 0) is 16.0 Å². The summed E-state index contributed by atoms with van der Waals surface area (Å²) in [5.74, 6) is -1.19. The third-order valence-electron chi connectivity index (χ3n) is 6.32. The van der Waals surface area contributed by atoms with Crippen LogP contribution in [0, 0.1) is 13.8 Å². The Morgan fingerprint density at radius 1 is 0.938 bits per heavy atom. The molecular weight excluding hydrogens is 402 g/mol. The standard InChI is InChI=1S/C27H27NO4/c1-17-12-13-19(14-18(17)2)15-27(3,25(29)30)28-26(31)32-16-24-22-10-6-4-8-20(22)21-9-5-7-11-23(21)24/h4-14,24H,15-16H2,1-3H3,(H,28,31)(H,29,30). The van der Waals surface area contributed by atoms with Gasteiger partial charge in [0, 0.05) is 12.3 Å². The molecule has 3 aromatic rings. The highest BCUT2D eigenvalue weighted by Gasteiger charge is 2.36. The van der Waals surface area contributed by atoms with Crippen LogP contribution in [-0.4, -0.2) is 29.3 Å². The van der Waals surface area contributed by atoms with E-state index in [1.54, 1.807) is 0 Å². The summed E-state index contributed by atoms with van der Waals surface area (Å²) in [5.41, 5.74) is 6.08. The average molecular weight is 430 g/mol. The largest absolute Gasteiger partial charge is 0.480 e. The third-order valence-corrected chi connectivity index (χ3v) is 6.32. The maximum Gasteiger partial charge on any atom is 0.408 e. The highest BCUT2D eigenvalue weighted by molar-refractivity contribution is 5.84. The Hall–Kier alpha value is -3.60. The van der Waals surface area contributed by atoms with Gasteiger partial charge in [-0.2, -0.15) is 0 Å². The van der Waals surface area contributed by atoms with E-state index in [0.29, 0.717) is 0 Å². The molecule has 0 spiro atoms. The maximum atomic E-state index is 12.7. The second-order valence-electron chi connectivity index (χ2n) is 8.68. The van der Waals surface area contributed by atoms with Gasteiger partial charge in [-0.05, 0) is 59.7 Å². The number of carbonyl (C=O) groups is 2. The van der Waals surface area contributed by atoms with Gasteiger partial charge in [0.1, 0.15) is 12.1 Å². The first-order valence-electron chi connectivity index (χ1n) is 10.7. The van der Waals surface area contributed by atoms with Gasteiger partial charge in [-0.25, -0.2) is 9.59 Å². The lowest BCUT2D eigenvalue weighted by Gasteiger charge is -2.26. The number of carboxylic acids is 1. The van der Waals surface area contributed by atoms with Gasteiger partial charge < -0.3 is 15.2 Å². The van der Waals surface area contributed by atoms with Crippen LogP contribution in [0.1, 0.15) is 40.7 Å². The molecule has 1 atom stereocenters. The number of aliphatic carboxylic acids is 1. The van der Waals surface area contributed by atoms with Gasteiger partial charge in [-0.1, -0.05) is 66.7 Å². The van der Waals surface area contributed by atoms with Crippen LogP contribution in [0.25, 0.3) is 11.1 Å². The summed E-state index contributed by atoms with van der Waals surface area (Å²) < 4.78 is 5.55. The van der Waals surface area contributed by atoms with E-state index < -0.39 is 17.6 Å². The summed E-state index contributed by atoms with van der Waals surface area (Å²) in [4.78, 5) is 24.7. The number of carbonyl (C=O) groups excluding carboxylic acids is 1. The predicted molar refractivity (Wildman–Crippen MR) is 124 cm³/mol. The zero-order valence-corrected chi connectivity index (χ0v) is 18.5. The fourth-order valence-electron chi connectivity index (χ4n) is 4.35. The SMILES string of the molecule is Cc1ccc(CC(C)(NC(=O)OCC2c3ccccc3-c3ccccc32)C(=O)O)cc1C. The number of rotatable bonds is 6. The summed E-state index contributed by atoms with van der Waals surface area (Å²) in [5, 5.41) is 12.4. The molecule has 0 aliphatic heterocycles. The summed E-state index contributed by atoms with van der Waals surface area (Å²) in [6, 6.07) is 22.0. The Labute approximate surface area is 188 Å². The van der Waals surface area contributed by atoms with Crippen LogP contribution in [0.4, 0.5) is 4.79 Å². The van der Waals surface area contributed by atoms with E-state index in [9.17, 15) is 14.7 Å². The van der Waals surface area contributed by atoms with Gasteiger partial charge >= 0.3 is 12.1 Å². The number of ether oxygens (including phenoxy) is 1. The van der Waals surface area contributed by atoms with Crippen LogP contribution in [0.2, 0.25) is 0 Å². The van der Waals surface area contributed by atoms with Crippen molar-refractivity contribution >= 4 is 12.1 Å². The minimum Gasteiger partial charge on any atom is -0.480 e. The lowest BCUT2D eigenvalue weighted by Crippen LogP contribution is -2.54. The molecule has 5 nitrogen and oxygen atoms in total. The molecule has 5 heteroatoms. The maximum absolute atomic E-state index is 12.7. The van der Waals surface area contributed by atoms with E-state index in [4.69, 9.17) is 4.74 Å². The van der Waals surface area contributed by atoms with Crippen LogP contribution in [0.15, 0.2) is 66.7 Å². The number of hydrogen-bond acceptors (Lipinski definition) is 3. The van der Waals surface area contributed by atoms with E-state index in [1.807, 2.05) is 68.4 Å². The molecule has 0 saturated heterocycles. The van der Waals surface area contributed by atoms with E-state index in [0.717, 1.165) is 38.9 Å². The topological polar surface area (TPSA) is 75.6 Å². The summed E-state index contributed by atoms with van der Waals surface area (Å²) >= 11 is 0. The third kappa shape index (κ3) is 4.11. The number of alkyl carbamates (subject to hydrolysis) is 1. The number of fused-ring (bicyclic) bond motifs is 3. The molecule has 2 N–H and O–H groups in total. The van der Waals surface area contributed by atoms with Gasteiger partial charge in [0.15, 0.2) is 0 Å². The van der Waals surface area contributed by atoms with Crippen molar-refractivity contribution in [1.82, 2.24) is 5.32 Å². The van der Waals surface area contributed by atoms with Crippen molar-refractivity contribution in [1.29, 1.82) is 0 Å². The summed E-state index contributed by atoms with van der Waals surface area (Å²) in [6.07, 6.45) is -0.575. The van der Waals surface area contributed by atoms with Gasteiger partial charge in [-0.15, -0.1) is 0 Å². The second-order valence-corrected chi connectivity index (χ2v) is 8.68. The van der Waals surface area contributed by atoms with Crippen molar-refractivity contribution in [2.45, 2.75) is 38.6 Å².